The molecule has 3 aromatic carbocycles. The molecular formula is C31H39N3O5. The van der Waals surface area contributed by atoms with Crippen LogP contribution in [-0.2, 0) is 13.0 Å². The van der Waals surface area contributed by atoms with Crippen molar-refractivity contribution in [1.82, 2.24) is 15.5 Å². The first-order valence-corrected chi connectivity index (χ1v) is 13.5. The number of hydrogen-bond acceptors (Lipinski definition) is 6. The summed E-state index contributed by atoms with van der Waals surface area (Å²) in [4.78, 5) is 28.2. The Morgan fingerprint density at radius 1 is 0.821 bits per heavy atom. The first-order valence-electron chi connectivity index (χ1n) is 13.5. The molecule has 8 heteroatoms. The van der Waals surface area contributed by atoms with Crippen LogP contribution in [-0.4, -0.2) is 63.8 Å². The van der Waals surface area contributed by atoms with Crippen LogP contribution >= 0.6 is 0 Å². The van der Waals surface area contributed by atoms with Crippen molar-refractivity contribution >= 4 is 11.8 Å². The Kier molecular flexibility index (Phi) is 11.3. The molecule has 208 valence electrons. The van der Waals surface area contributed by atoms with Crippen LogP contribution in [0.15, 0.2) is 72.8 Å². The van der Waals surface area contributed by atoms with E-state index >= 15 is 0 Å². The van der Waals surface area contributed by atoms with Gasteiger partial charge in [0, 0.05) is 37.3 Å². The van der Waals surface area contributed by atoms with Crippen molar-refractivity contribution in [2.45, 2.75) is 51.8 Å². The van der Waals surface area contributed by atoms with E-state index in [9.17, 15) is 24.9 Å². The molecule has 0 aromatic heterocycles. The Bertz CT molecular complexity index is 1210. The number of aliphatic hydroxyl groups excluding tert-OH is 1. The van der Waals surface area contributed by atoms with E-state index in [-0.39, 0.29) is 29.9 Å². The maximum atomic E-state index is 13.3. The minimum atomic E-state index is -0.922. The van der Waals surface area contributed by atoms with E-state index in [1.807, 2.05) is 44.2 Å². The molecule has 2 atom stereocenters. The predicted molar refractivity (Wildman–Crippen MR) is 152 cm³/mol. The third kappa shape index (κ3) is 8.84. The average molecular weight is 534 g/mol. The first kappa shape index (κ1) is 29.7. The number of carbonyl (C=O) groups excluding carboxylic acids is 2. The van der Waals surface area contributed by atoms with Crippen molar-refractivity contribution < 1.29 is 24.9 Å². The highest BCUT2D eigenvalue weighted by Gasteiger charge is 2.23. The summed E-state index contributed by atoms with van der Waals surface area (Å²) in [6.07, 6.45) is 1.20. The number of nitrogens with zero attached hydrogens (tertiary/aromatic N) is 1. The fourth-order valence-corrected chi connectivity index (χ4v) is 4.42. The van der Waals surface area contributed by atoms with E-state index in [2.05, 4.69) is 10.6 Å². The molecule has 3 rings (SSSR count). The smallest absolute Gasteiger partial charge is 0.253 e. The molecule has 0 aliphatic rings. The minimum Gasteiger partial charge on any atom is -0.504 e. The van der Waals surface area contributed by atoms with Crippen molar-refractivity contribution in [3.05, 3.63) is 95.1 Å². The van der Waals surface area contributed by atoms with E-state index in [1.165, 1.54) is 12.1 Å². The van der Waals surface area contributed by atoms with Crippen molar-refractivity contribution in [3.8, 4) is 11.5 Å². The topological polar surface area (TPSA) is 122 Å². The molecule has 5 N–H and O–H groups in total. The summed E-state index contributed by atoms with van der Waals surface area (Å²) < 4.78 is 0. The van der Waals surface area contributed by atoms with E-state index < -0.39 is 12.1 Å². The third-order valence-electron chi connectivity index (χ3n) is 6.45. The number of carbonyl (C=O) groups is 2. The molecule has 0 bridgehead atoms. The van der Waals surface area contributed by atoms with Gasteiger partial charge in [0.15, 0.2) is 11.5 Å². The van der Waals surface area contributed by atoms with Crippen molar-refractivity contribution in [2.24, 2.45) is 0 Å². The van der Waals surface area contributed by atoms with Crippen LogP contribution < -0.4 is 10.6 Å². The van der Waals surface area contributed by atoms with Crippen LogP contribution in [0.4, 0.5) is 0 Å². The lowest BCUT2D eigenvalue weighted by Gasteiger charge is -2.25. The van der Waals surface area contributed by atoms with E-state index in [4.69, 9.17) is 0 Å². The molecule has 0 saturated carbocycles. The number of hydrogen-bond donors (Lipinski definition) is 5. The highest BCUT2D eigenvalue weighted by molar-refractivity contribution is 5.99. The fourth-order valence-electron chi connectivity index (χ4n) is 4.42. The second-order valence-corrected chi connectivity index (χ2v) is 9.66. The average Bonchev–Trinajstić information content (AvgIpc) is 2.94. The number of rotatable bonds is 14. The number of phenols is 2. The summed E-state index contributed by atoms with van der Waals surface area (Å²) >= 11 is 0. The molecule has 2 amide bonds. The molecule has 0 heterocycles. The number of aliphatic hydroxyl groups is 1. The van der Waals surface area contributed by atoms with Gasteiger partial charge in [0.1, 0.15) is 0 Å². The molecule has 3 aromatic rings. The molecular weight excluding hydrogens is 494 g/mol. The number of aromatic hydroxyl groups is 2. The van der Waals surface area contributed by atoms with Crippen LogP contribution in [0.3, 0.4) is 0 Å². The van der Waals surface area contributed by atoms with Gasteiger partial charge in [-0.25, -0.2) is 0 Å². The molecule has 0 radical (unpaired) electrons. The molecule has 0 spiro atoms. The van der Waals surface area contributed by atoms with Gasteiger partial charge in [-0.05, 0) is 60.7 Å². The molecule has 0 fully saturated rings. The zero-order chi connectivity index (χ0) is 28.2. The van der Waals surface area contributed by atoms with Crippen molar-refractivity contribution in [2.75, 3.05) is 19.6 Å². The molecule has 0 aliphatic heterocycles. The SMILES string of the molecule is CCCN(CCC)C(=O)c1cccc(C(=O)N[C@@H](Cc2ccccc2)[C@H](O)CNCc2ccc(O)c(O)c2)c1. The van der Waals surface area contributed by atoms with Gasteiger partial charge in [-0.1, -0.05) is 56.3 Å². The summed E-state index contributed by atoms with van der Waals surface area (Å²) in [5.74, 6) is -0.875. The highest BCUT2D eigenvalue weighted by Crippen LogP contribution is 2.24. The van der Waals surface area contributed by atoms with Gasteiger partial charge in [0.25, 0.3) is 11.8 Å². The van der Waals surface area contributed by atoms with E-state index in [0.717, 1.165) is 24.0 Å². The van der Waals surface area contributed by atoms with Crippen LogP contribution in [0.25, 0.3) is 0 Å². The second kappa shape index (κ2) is 14.9. The summed E-state index contributed by atoms with van der Waals surface area (Å²) in [6.45, 7) is 5.91. The first-order chi connectivity index (χ1) is 18.8. The summed E-state index contributed by atoms with van der Waals surface area (Å²) in [5, 5.41) is 36.4. The molecule has 39 heavy (non-hydrogen) atoms. The second-order valence-electron chi connectivity index (χ2n) is 9.66. The normalized spacial score (nSPS) is 12.5. The largest absolute Gasteiger partial charge is 0.504 e. The van der Waals surface area contributed by atoms with Gasteiger partial charge in [-0.2, -0.15) is 0 Å². The van der Waals surface area contributed by atoms with Crippen LogP contribution in [0.2, 0.25) is 0 Å². The molecule has 0 saturated heterocycles. The van der Waals surface area contributed by atoms with Crippen LogP contribution in [0.1, 0.15) is 58.5 Å². The van der Waals surface area contributed by atoms with E-state index in [0.29, 0.717) is 37.2 Å². The lowest BCUT2D eigenvalue weighted by atomic mass is 10.00. The van der Waals surface area contributed by atoms with Crippen molar-refractivity contribution in [1.29, 1.82) is 0 Å². The maximum Gasteiger partial charge on any atom is 0.253 e. The van der Waals surface area contributed by atoms with Gasteiger partial charge in [0.2, 0.25) is 0 Å². The van der Waals surface area contributed by atoms with Gasteiger partial charge < -0.3 is 30.9 Å². The zero-order valence-corrected chi connectivity index (χ0v) is 22.6. The Balaban J connectivity index is 1.71. The van der Waals surface area contributed by atoms with Gasteiger partial charge >= 0.3 is 0 Å². The lowest BCUT2D eigenvalue weighted by Crippen LogP contribution is -2.48. The molecule has 0 unspecified atom stereocenters. The molecule has 0 aliphatic carbocycles. The monoisotopic (exact) mass is 533 g/mol. The fraction of sp³-hybridized carbons (Fsp3) is 0.355. The number of nitrogens with one attached hydrogen (secondary N) is 2. The van der Waals surface area contributed by atoms with Gasteiger partial charge in [-0.15, -0.1) is 0 Å². The standard InChI is InChI=1S/C31H39N3O5/c1-3-15-34(16-4-2)31(39)25-12-8-11-24(19-25)30(38)33-26(17-22-9-6-5-7-10-22)29(37)21-32-20-23-13-14-27(35)28(36)18-23/h5-14,18-19,26,29,32,35-37H,3-4,15-17,20-21H2,1-2H3,(H,33,38)/t26-,29+/m0/s1. The number of amides is 2. The lowest BCUT2D eigenvalue weighted by molar-refractivity contribution is 0.0755. The predicted octanol–water partition coefficient (Wildman–Crippen LogP) is 3.85. The zero-order valence-electron chi connectivity index (χ0n) is 22.6. The minimum absolute atomic E-state index is 0.0984. The van der Waals surface area contributed by atoms with E-state index in [1.54, 1.807) is 35.2 Å². The Hall–Kier alpha value is -3.88. The summed E-state index contributed by atoms with van der Waals surface area (Å²) in [5.41, 5.74) is 2.52. The summed E-state index contributed by atoms with van der Waals surface area (Å²) in [6, 6.07) is 20.2. The quantitative estimate of drug-likeness (QED) is 0.201. The van der Waals surface area contributed by atoms with Crippen molar-refractivity contribution in [3.63, 3.8) is 0 Å². The maximum absolute atomic E-state index is 13.3. The van der Waals surface area contributed by atoms with Crippen LogP contribution in [0, 0.1) is 0 Å². The third-order valence-corrected chi connectivity index (χ3v) is 6.45. The van der Waals surface area contributed by atoms with Crippen LogP contribution in [0.5, 0.6) is 11.5 Å². The van der Waals surface area contributed by atoms with Gasteiger partial charge in [-0.3, -0.25) is 9.59 Å². The highest BCUT2D eigenvalue weighted by atomic mass is 16.3. The van der Waals surface area contributed by atoms with Gasteiger partial charge in [0.05, 0.1) is 12.1 Å². The number of phenolic OH excluding ortho intramolecular Hbond substituents is 2. The Morgan fingerprint density at radius 2 is 1.51 bits per heavy atom. The summed E-state index contributed by atoms with van der Waals surface area (Å²) in [7, 11) is 0. The molecule has 8 nitrogen and oxygen atoms in total. The Morgan fingerprint density at radius 3 is 2.18 bits per heavy atom. The number of benzene rings is 3. The Labute approximate surface area is 230 Å².